The van der Waals surface area contributed by atoms with Crippen LogP contribution in [0.4, 0.5) is 0 Å². The second-order valence-corrected chi connectivity index (χ2v) is 12.9. The topological polar surface area (TPSA) is 92.0 Å². The van der Waals surface area contributed by atoms with Gasteiger partial charge in [0.05, 0.1) is 28.5 Å². The molecule has 0 radical (unpaired) electrons. The maximum absolute atomic E-state index is 9.23. The van der Waals surface area contributed by atoms with E-state index in [9.17, 15) is 10.0 Å². The van der Waals surface area contributed by atoms with Crippen molar-refractivity contribution in [2.45, 2.75) is 42.5 Å². The fraction of sp³-hybridized carbons (Fsp3) is 0.130. The van der Waals surface area contributed by atoms with Gasteiger partial charge in [-0.15, -0.1) is 0 Å². The maximum Gasteiger partial charge on any atom is 0.488 e. The Labute approximate surface area is 324 Å². The molecule has 272 valence electrons. The molecule has 8 heteroatoms. The minimum atomic E-state index is -1.43. The van der Waals surface area contributed by atoms with Crippen molar-refractivity contribution in [3.8, 4) is 33.5 Å². The standard InChI is InChI=1S/C22H18N2.C16H13BO2.C6H7ClN2.2CH4/c1-15-14-23-22(16(2)24-15)20-11-9-18-8-10-19(12-21(18)13-20)17-6-4-3-5-7-17;18-17(19)16-9-8-13-6-7-14(10-15(13)11-16)12-4-2-1-3-5-12;1-4-3-8-6(7)5(2)9-4;;/h3-14H,1-2H3;1-11,18-19H;3H,1-2H3;2*1H4. The van der Waals surface area contributed by atoms with Crippen molar-refractivity contribution in [2.75, 3.05) is 0 Å². The number of benzene rings is 6. The van der Waals surface area contributed by atoms with Gasteiger partial charge >= 0.3 is 7.12 Å². The van der Waals surface area contributed by atoms with E-state index in [2.05, 4.69) is 105 Å². The van der Waals surface area contributed by atoms with Crippen LogP contribution < -0.4 is 5.46 Å². The van der Waals surface area contributed by atoms with Crippen molar-refractivity contribution in [3.05, 3.63) is 174 Å². The molecule has 0 bridgehead atoms. The van der Waals surface area contributed by atoms with Crippen molar-refractivity contribution in [2.24, 2.45) is 0 Å². The molecule has 0 saturated heterocycles. The lowest BCUT2D eigenvalue weighted by Crippen LogP contribution is -2.29. The van der Waals surface area contributed by atoms with E-state index < -0.39 is 7.12 Å². The Balaban J connectivity index is 0.000000194. The molecule has 0 saturated carbocycles. The summed E-state index contributed by atoms with van der Waals surface area (Å²) in [5.41, 5.74) is 10.9. The summed E-state index contributed by atoms with van der Waals surface area (Å²) in [6.45, 7) is 7.70. The smallest absolute Gasteiger partial charge is 0.423 e. The SMILES string of the molecule is C.C.Cc1cnc(-c2ccc3ccc(-c4ccccc4)cc3c2)c(C)n1.Cc1cnc(Cl)c(C)n1.OB(O)c1ccc2ccc(-c3ccccc3)cc2c1. The van der Waals surface area contributed by atoms with Crippen molar-refractivity contribution >= 4 is 45.7 Å². The Hall–Kier alpha value is -5.73. The van der Waals surface area contributed by atoms with Gasteiger partial charge in [-0.3, -0.25) is 15.0 Å². The fourth-order valence-corrected chi connectivity index (χ4v) is 6.00. The molecular formula is C46H46BClN4O2. The van der Waals surface area contributed by atoms with Gasteiger partial charge in [0.1, 0.15) is 5.15 Å². The first-order chi connectivity index (χ1) is 25.1. The molecule has 0 amide bonds. The van der Waals surface area contributed by atoms with Crippen LogP contribution in [-0.4, -0.2) is 37.1 Å². The lowest BCUT2D eigenvalue weighted by atomic mass is 9.79. The summed E-state index contributed by atoms with van der Waals surface area (Å²) >= 11 is 5.61. The summed E-state index contributed by atoms with van der Waals surface area (Å²) in [5, 5.41) is 23.5. The van der Waals surface area contributed by atoms with Crippen LogP contribution in [0.25, 0.3) is 55.1 Å². The van der Waals surface area contributed by atoms with Crippen LogP contribution in [0.2, 0.25) is 5.15 Å². The zero-order valence-corrected chi connectivity index (χ0v) is 30.3. The monoisotopic (exact) mass is 732 g/mol. The Morgan fingerprint density at radius 1 is 0.463 bits per heavy atom. The lowest BCUT2D eigenvalue weighted by Gasteiger charge is -2.08. The lowest BCUT2D eigenvalue weighted by molar-refractivity contribution is 0.426. The van der Waals surface area contributed by atoms with Crippen LogP contribution in [-0.2, 0) is 0 Å². The van der Waals surface area contributed by atoms with Crippen molar-refractivity contribution in [1.29, 1.82) is 0 Å². The second-order valence-electron chi connectivity index (χ2n) is 12.5. The molecule has 54 heavy (non-hydrogen) atoms. The van der Waals surface area contributed by atoms with E-state index in [4.69, 9.17) is 11.6 Å². The molecule has 0 aliphatic rings. The third-order valence-corrected chi connectivity index (χ3v) is 8.94. The number of nitrogens with zero attached hydrogens (tertiary/aromatic N) is 4. The molecule has 8 rings (SSSR count). The molecule has 2 N–H and O–H groups in total. The van der Waals surface area contributed by atoms with E-state index in [1.807, 2.05) is 76.4 Å². The molecule has 6 nitrogen and oxygen atoms in total. The Kier molecular flexibility index (Phi) is 14.3. The first kappa shape index (κ1) is 41.0. The summed E-state index contributed by atoms with van der Waals surface area (Å²) in [5.74, 6) is 0. The van der Waals surface area contributed by atoms with Crippen molar-refractivity contribution in [3.63, 3.8) is 0 Å². The van der Waals surface area contributed by atoms with E-state index in [0.717, 1.165) is 55.9 Å². The highest BCUT2D eigenvalue weighted by atomic mass is 35.5. The quantitative estimate of drug-likeness (QED) is 0.175. The Bertz CT molecular complexity index is 2460. The van der Waals surface area contributed by atoms with Gasteiger partial charge in [0.2, 0.25) is 0 Å². The van der Waals surface area contributed by atoms with Crippen LogP contribution in [0.5, 0.6) is 0 Å². The first-order valence-electron chi connectivity index (χ1n) is 17.0. The van der Waals surface area contributed by atoms with Gasteiger partial charge in [-0.1, -0.05) is 142 Å². The van der Waals surface area contributed by atoms with Crippen LogP contribution in [0.15, 0.2) is 146 Å². The van der Waals surface area contributed by atoms with E-state index in [1.54, 1.807) is 12.3 Å². The number of halogens is 1. The number of hydrogen-bond donors (Lipinski definition) is 2. The van der Waals surface area contributed by atoms with E-state index in [0.29, 0.717) is 10.6 Å². The first-order valence-corrected chi connectivity index (χ1v) is 17.3. The third kappa shape index (κ3) is 10.2. The molecule has 0 fully saturated rings. The maximum atomic E-state index is 9.23. The fourth-order valence-electron chi connectivity index (χ4n) is 5.90. The summed E-state index contributed by atoms with van der Waals surface area (Å²) in [6.07, 6.45) is 3.47. The third-order valence-electron chi connectivity index (χ3n) is 8.56. The average Bonchev–Trinajstić information content (AvgIpc) is 3.17. The minimum Gasteiger partial charge on any atom is -0.423 e. The zero-order chi connectivity index (χ0) is 36.6. The average molecular weight is 733 g/mol. The predicted molar refractivity (Wildman–Crippen MR) is 229 cm³/mol. The van der Waals surface area contributed by atoms with Gasteiger partial charge in [0.25, 0.3) is 0 Å². The van der Waals surface area contributed by atoms with E-state index in [1.165, 1.54) is 21.9 Å². The summed E-state index contributed by atoms with van der Waals surface area (Å²) < 4.78 is 0. The number of aryl methyl sites for hydroxylation is 4. The molecule has 6 aromatic carbocycles. The van der Waals surface area contributed by atoms with Gasteiger partial charge in [-0.2, -0.15) is 0 Å². The molecule has 2 heterocycles. The number of hydrogen-bond acceptors (Lipinski definition) is 6. The second kappa shape index (κ2) is 18.9. The molecule has 0 unspecified atom stereocenters. The minimum absolute atomic E-state index is 0. The van der Waals surface area contributed by atoms with Crippen LogP contribution in [0, 0.1) is 27.7 Å². The summed E-state index contributed by atoms with van der Waals surface area (Å²) in [7, 11) is -1.43. The molecule has 0 aliphatic heterocycles. The van der Waals surface area contributed by atoms with Crippen LogP contribution in [0.1, 0.15) is 37.6 Å². The van der Waals surface area contributed by atoms with Gasteiger partial charge in [0.15, 0.2) is 0 Å². The highest BCUT2D eigenvalue weighted by Gasteiger charge is 2.11. The largest absolute Gasteiger partial charge is 0.488 e. The van der Waals surface area contributed by atoms with Crippen LogP contribution >= 0.6 is 11.6 Å². The van der Waals surface area contributed by atoms with Crippen molar-refractivity contribution in [1.82, 2.24) is 19.9 Å². The summed E-state index contributed by atoms with van der Waals surface area (Å²) in [6, 6.07) is 45.3. The van der Waals surface area contributed by atoms with E-state index >= 15 is 0 Å². The number of fused-ring (bicyclic) bond motifs is 2. The molecular weight excluding hydrogens is 687 g/mol. The molecule has 2 aromatic heterocycles. The van der Waals surface area contributed by atoms with Crippen LogP contribution in [0.3, 0.4) is 0 Å². The van der Waals surface area contributed by atoms with Gasteiger partial charge < -0.3 is 10.0 Å². The zero-order valence-electron chi connectivity index (χ0n) is 29.5. The molecule has 0 aliphatic carbocycles. The van der Waals surface area contributed by atoms with Gasteiger partial charge in [-0.25, -0.2) is 4.98 Å². The Morgan fingerprint density at radius 2 is 0.907 bits per heavy atom. The highest BCUT2D eigenvalue weighted by molar-refractivity contribution is 6.58. The molecule has 0 atom stereocenters. The van der Waals surface area contributed by atoms with Gasteiger partial charge in [0, 0.05) is 18.0 Å². The van der Waals surface area contributed by atoms with Crippen molar-refractivity contribution < 1.29 is 10.0 Å². The molecule has 8 aromatic rings. The normalized spacial score (nSPS) is 10.2. The highest BCUT2D eigenvalue weighted by Crippen LogP contribution is 2.29. The Morgan fingerprint density at radius 3 is 1.39 bits per heavy atom. The predicted octanol–water partition coefficient (Wildman–Crippen LogP) is 10.8. The number of aromatic nitrogens is 4. The van der Waals surface area contributed by atoms with Gasteiger partial charge in [-0.05, 0) is 95.2 Å². The summed E-state index contributed by atoms with van der Waals surface area (Å²) in [4.78, 5) is 17.1. The molecule has 0 spiro atoms. The van der Waals surface area contributed by atoms with E-state index in [-0.39, 0.29) is 14.9 Å². The number of rotatable bonds is 4.